The van der Waals surface area contributed by atoms with Crippen LogP contribution in [-0.4, -0.2) is 0 Å². The second-order valence-corrected chi connectivity index (χ2v) is 3.48. The molecule has 0 bridgehead atoms. The summed E-state index contributed by atoms with van der Waals surface area (Å²) in [6, 6.07) is 0. The van der Waals surface area contributed by atoms with Gasteiger partial charge in [0, 0.05) is 12.0 Å². The Bertz CT molecular complexity index is 415. The maximum atomic E-state index is 3.71. The van der Waals surface area contributed by atoms with E-state index >= 15 is 0 Å². The van der Waals surface area contributed by atoms with E-state index < -0.39 is 0 Å². The number of hydrogen-bond acceptors (Lipinski definition) is 0. The van der Waals surface area contributed by atoms with E-state index in [4.69, 9.17) is 0 Å². The molecule has 1 aliphatic carbocycles. The minimum absolute atomic E-state index is 0. The molecule has 0 aromatic carbocycles. The van der Waals surface area contributed by atoms with Crippen molar-refractivity contribution < 1.29 is 0 Å². The van der Waals surface area contributed by atoms with Crippen LogP contribution >= 0.6 is 0 Å². The predicted molar refractivity (Wildman–Crippen MR) is 74.1 cm³/mol. The molecule has 0 fully saturated rings. The van der Waals surface area contributed by atoms with Crippen LogP contribution in [0, 0.1) is 11.8 Å². The molecule has 0 saturated heterocycles. The summed E-state index contributed by atoms with van der Waals surface area (Å²) in [6.45, 7) is 7.82. The van der Waals surface area contributed by atoms with Crippen LogP contribution in [0.25, 0.3) is 0 Å². The van der Waals surface area contributed by atoms with Crippen LogP contribution < -0.4 is 0 Å². The van der Waals surface area contributed by atoms with Crippen molar-refractivity contribution in [3.8, 4) is 11.8 Å². The SMILES string of the molecule is C.C=C/C(C)=C\C=C(/C)C1=CC=CCC#C1. The quantitative estimate of drug-likeness (QED) is 0.474. The molecule has 84 valence electrons. The summed E-state index contributed by atoms with van der Waals surface area (Å²) in [4.78, 5) is 0. The van der Waals surface area contributed by atoms with Gasteiger partial charge in [-0.25, -0.2) is 0 Å². The summed E-state index contributed by atoms with van der Waals surface area (Å²) in [7, 11) is 0. The Labute approximate surface area is 99.8 Å². The summed E-state index contributed by atoms with van der Waals surface area (Å²) in [5.74, 6) is 6.24. The van der Waals surface area contributed by atoms with Gasteiger partial charge in [-0.1, -0.05) is 61.8 Å². The zero-order valence-electron chi connectivity index (χ0n) is 9.38. The Balaban J connectivity index is 0.00000225. The lowest BCUT2D eigenvalue weighted by atomic mass is 10.1. The van der Waals surface area contributed by atoms with Crippen LogP contribution in [0.3, 0.4) is 0 Å². The molecule has 0 spiro atoms. The molecule has 16 heavy (non-hydrogen) atoms. The monoisotopic (exact) mass is 212 g/mol. The van der Waals surface area contributed by atoms with Gasteiger partial charge in [0.1, 0.15) is 0 Å². The van der Waals surface area contributed by atoms with Crippen molar-refractivity contribution in [1.82, 2.24) is 0 Å². The normalized spacial score (nSPS) is 15.2. The van der Waals surface area contributed by atoms with E-state index in [0.29, 0.717) is 0 Å². The van der Waals surface area contributed by atoms with E-state index in [1.807, 2.05) is 19.1 Å². The van der Waals surface area contributed by atoms with Crippen LogP contribution in [0.1, 0.15) is 27.7 Å². The van der Waals surface area contributed by atoms with E-state index in [1.165, 1.54) is 5.57 Å². The van der Waals surface area contributed by atoms with Gasteiger partial charge in [-0.05, 0) is 25.5 Å². The predicted octanol–water partition coefficient (Wildman–Crippen LogP) is 4.59. The van der Waals surface area contributed by atoms with Gasteiger partial charge in [0.25, 0.3) is 0 Å². The highest BCUT2D eigenvalue weighted by Crippen LogP contribution is 2.11. The first-order chi connectivity index (χ1) is 7.24. The lowest BCUT2D eigenvalue weighted by molar-refractivity contribution is 1.43. The Kier molecular flexibility index (Phi) is 6.72. The van der Waals surface area contributed by atoms with E-state index in [9.17, 15) is 0 Å². The Morgan fingerprint density at radius 3 is 2.81 bits per heavy atom. The van der Waals surface area contributed by atoms with Crippen molar-refractivity contribution in [3.63, 3.8) is 0 Å². The van der Waals surface area contributed by atoms with Crippen LogP contribution in [0.2, 0.25) is 0 Å². The number of hydrogen-bond donors (Lipinski definition) is 0. The highest BCUT2D eigenvalue weighted by Gasteiger charge is 1.94. The second-order valence-electron chi connectivity index (χ2n) is 3.48. The van der Waals surface area contributed by atoms with Crippen LogP contribution in [0.4, 0.5) is 0 Å². The molecule has 0 heteroatoms. The third-order valence-corrected chi connectivity index (χ3v) is 2.18. The maximum Gasteiger partial charge on any atom is 0.0276 e. The first kappa shape index (κ1) is 14.3. The molecule has 0 unspecified atom stereocenters. The fourth-order valence-corrected chi connectivity index (χ4v) is 1.12. The van der Waals surface area contributed by atoms with E-state index in [1.54, 1.807) is 0 Å². The molecular weight excluding hydrogens is 192 g/mol. The molecule has 0 aliphatic heterocycles. The van der Waals surface area contributed by atoms with Gasteiger partial charge >= 0.3 is 0 Å². The van der Waals surface area contributed by atoms with Gasteiger partial charge < -0.3 is 0 Å². The van der Waals surface area contributed by atoms with Crippen molar-refractivity contribution in [1.29, 1.82) is 0 Å². The van der Waals surface area contributed by atoms with Gasteiger partial charge in [-0.2, -0.15) is 0 Å². The maximum absolute atomic E-state index is 3.71. The first-order valence-electron chi connectivity index (χ1n) is 5.07. The van der Waals surface area contributed by atoms with Crippen molar-refractivity contribution in [3.05, 3.63) is 59.8 Å². The first-order valence-corrected chi connectivity index (χ1v) is 5.07. The molecule has 0 aromatic heterocycles. The molecule has 0 nitrogen and oxygen atoms in total. The Morgan fingerprint density at radius 1 is 1.38 bits per heavy atom. The fourth-order valence-electron chi connectivity index (χ4n) is 1.12. The molecule has 0 aromatic rings. The van der Waals surface area contributed by atoms with Crippen LogP contribution in [-0.2, 0) is 0 Å². The minimum atomic E-state index is 0. The average Bonchev–Trinajstić information content (AvgIpc) is 2.53. The second kappa shape index (κ2) is 7.54. The summed E-state index contributed by atoms with van der Waals surface area (Å²) >= 11 is 0. The van der Waals surface area contributed by atoms with Gasteiger partial charge in [0.2, 0.25) is 0 Å². The zero-order valence-corrected chi connectivity index (χ0v) is 9.38. The van der Waals surface area contributed by atoms with Crippen molar-refractivity contribution in [2.75, 3.05) is 0 Å². The van der Waals surface area contributed by atoms with E-state index in [2.05, 4.69) is 49.6 Å². The topological polar surface area (TPSA) is 0 Å². The van der Waals surface area contributed by atoms with Crippen LogP contribution in [0.15, 0.2) is 59.8 Å². The zero-order chi connectivity index (χ0) is 11.1. The average molecular weight is 212 g/mol. The third kappa shape index (κ3) is 4.66. The smallest absolute Gasteiger partial charge is 0.0276 e. The summed E-state index contributed by atoms with van der Waals surface area (Å²) < 4.78 is 0. The molecule has 0 atom stereocenters. The van der Waals surface area contributed by atoms with Crippen molar-refractivity contribution in [2.24, 2.45) is 0 Å². The summed E-state index contributed by atoms with van der Waals surface area (Å²) in [5, 5.41) is 0. The molecule has 0 amide bonds. The van der Waals surface area contributed by atoms with E-state index in [-0.39, 0.29) is 7.43 Å². The molecule has 0 heterocycles. The van der Waals surface area contributed by atoms with Gasteiger partial charge in [0.05, 0.1) is 0 Å². The third-order valence-electron chi connectivity index (χ3n) is 2.18. The summed E-state index contributed by atoms with van der Waals surface area (Å²) in [6.07, 6.45) is 13.0. The van der Waals surface area contributed by atoms with Crippen molar-refractivity contribution >= 4 is 0 Å². The van der Waals surface area contributed by atoms with E-state index in [0.717, 1.165) is 17.6 Å². The molecule has 0 saturated carbocycles. The number of rotatable bonds is 3. The highest BCUT2D eigenvalue weighted by atomic mass is 14.0. The largest absolute Gasteiger partial charge is 0.0988 e. The fraction of sp³-hybridized carbons (Fsp3) is 0.250. The molecular formula is C16H20. The standard InChI is InChI=1S/C15H16.CH4/c1-4-13(2)11-12-14(3)15-9-7-5-6-8-10-15;/h4-5,7,9,11-12H,1,6H2,2-3H3;1H4/b13-11-,14-12+;. The Morgan fingerprint density at radius 2 is 2.12 bits per heavy atom. The number of allylic oxidation sites excluding steroid dienone is 9. The Hall–Kier alpha value is -1.74. The van der Waals surface area contributed by atoms with Gasteiger partial charge in [-0.3, -0.25) is 0 Å². The van der Waals surface area contributed by atoms with Crippen LogP contribution in [0.5, 0.6) is 0 Å². The lowest BCUT2D eigenvalue weighted by Gasteiger charge is -1.97. The van der Waals surface area contributed by atoms with Gasteiger partial charge in [-0.15, -0.1) is 0 Å². The lowest BCUT2D eigenvalue weighted by Crippen LogP contribution is -1.80. The molecule has 0 N–H and O–H groups in total. The molecule has 0 radical (unpaired) electrons. The minimum Gasteiger partial charge on any atom is -0.0988 e. The van der Waals surface area contributed by atoms with Crippen molar-refractivity contribution in [2.45, 2.75) is 27.7 Å². The molecule has 1 rings (SSSR count). The summed E-state index contributed by atoms with van der Waals surface area (Å²) in [5.41, 5.74) is 3.44. The highest BCUT2D eigenvalue weighted by molar-refractivity contribution is 5.49. The van der Waals surface area contributed by atoms with Gasteiger partial charge in [0.15, 0.2) is 0 Å². The molecule has 1 aliphatic rings.